The number of anilines is 1. The Labute approximate surface area is 153 Å². The summed E-state index contributed by atoms with van der Waals surface area (Å²) in [6.45, 7) is 4.31. The molecule has 0 atom stereocenters. The molecular formula is C19H24N4OS. The average Bonchev–Trinajstić information content (AvgIpc) is 2.89. The first kappa shape index (κ1) is 17.8. The van der Waals surface area contributed by atoms with Crippen LogP contribution in [0.25, 0.3) is 0 Å². The maximum atomic E-state index is 12.5. The fourth-order valence-corrected chi connectivity index (χ4v) is 3.37. The smallest absolute Gasteiger partial charge is 0.321 e. The summed E-state index contributed by atoms with van der Waals surface area (Å²) >= 11 is 1.69. The van der Waals surface area contributed by atoms with Gasteiger partial charge < -0.3 is 10.2 Å². The number of carbonyl (C=O) groups is 1. The normalized spacial score (nSPS) is 15.6. The number of pyridine rings is 1. The lowest BCUT2D eigenvalue weighted by Gasteiger charge is -2.22. The van der Waals surface area contributed by atoms with Crippen LogP contribution < -0.4 is 5.32 Å². The van der Waals surface area contributed by atoms with Crippen LogP contribution in [0.3, 0.4) is 0 Å². The molecule has 25 heavy (non-hydrogen) atoms. The summed E-state index contributed by atoms with van der Waals surface area (Å²) in [4.78, 5) is 22.2. The molecule has 1 aliphatic heterocycles. The van der Waals surface area contributed by atoms with Gasteiger partial charge in [0, 0.05) is 55.7 Å². The lowest BCUT2D eigenvalue weighted by molar-refractivity contribution is 0.211. The van der Waals surface area contributed by atoms with Gasteiger partial charge in [0.2, 0.25) is 0 Å². The third-order valence-electron chi connectivity index (χ3n) is 4.35. The highest BCUT2D eigenvalue weighted by Gasteiger charge is 2.19. The summed E-state index contributed by atoms with van der Waals surface area (Å²) in [5.41, 5.74) is 2.06. The van der Waals surface area contributed by atoms with Crippen LogP contribution in [0.15, 0.2) is 53.7 Å². The lowest BCUT2D eigenvalue weighted by Crippen LogP contribution is -2.38. The lowest BCUT2D eigenvalue weighted by atomic mass is 10.2. The minimum atomic E-state index is -0.0138. The van der Waals surface area contributed by atoms with E-state index in [2.05, 4.69) is 21.3 Å². The molecule has 0 radical (unpaired) electrons. The summed E-state index contributed by atoms with van der Waals surface area (Å²) in [6.07, 6.45) is 6.73. The van der Waals surface area contributed by atoms with Crippen molar-refractivity contribution < 1.29 is 4.79 Å². The molecule has 0 saturated carbocycles. The van der Waals surface area contributed by atoms with Crippen molar-refractivity contribution >= 4 is 23.5 Å². The average molecular weight is 356 g/mol. The van der Waals surface area contributed by atoms with E-state index in [0.29, 0.717) is 0 Å². The van der Waals surface area contributed by atoms with Crippen molar-refractivity contribution in [1.29, 1.82) is 0 Å². The number of nitrogens with zero attached hydrogens (tertiary/aromatic N) is 3. The van der Waals surface area contributed by atoms with E-state index >= 15 is 0 Å². The molecule has 1 aromatic carbocycles. The van der Waals surface area contributed by atoms with E-state index in [4.69, 9.17) is 0 Å². The summed E-state index contributed by atoms with van der Waals surface area (Å²) in [7, 11) is 0. The Morgan fingerprint density at radius 2 is 2.00 bits per heavy atom. The second-order valence-corrected chi connectivity index (χ2v) is 7.02. The van der Waals surface area contributed by atoms with Gasteiger partial charge in [0.1, 0.15) is 0 Å². The molecule has 1 N–H and O–H groups in total. The molecule has 132 valence electrons. The second-order valence-electron chi connectivity index (χ2n) is 6.14. The van der Waals surface area contributed by atoms with Crippen LogP contribution in [0.4, 0.5) is 10.5 Å². The highest BCUT2D eigenvalue weighted by Crippen LogP contribution is 2.18. The predicted octanol–water partition coefficient (Wildman–Crippen LogP) is 3.54. The number of rotatable bonds is 4. The summed E-state index contributed by atoms with van der Waals surface area (Å²) in [5, 5.41) is 3.00. The molecule has 1 aliphatic rings. The van der Waals surface area contributed by atoms with Crippen LogP contribution in [0.5, 0.6) is 0 Å². The molecule has 2 amide bonds. The Hall–Kier alpha value is -2.05. The number of hydrogen-bond donors (Lipinski definition) is 1. The number of aromatic nitrogens is 1. The third kappa shape index (κ3) is 5.21. The summed E-state index contributed by atoms with van der Waals surface area (Å²) < 4.78 is 0. The molecule has 2 aromatic rings. The highest BCUT2D eigenvalue weighted by atomic mass is 32.2. The van der Waals surface area contributed by atoms with E-state index in [9.17, 15) is 4.79 Å². The van der Waals surface area contributed by atoms with E-state index in [-0.39, 0.29) is 6.03 Å². The third-order valence-corrected chi connectivity index (χ3v) is 5.09. The molecule has 3 rings (SSSR count). The van der Waals surface area contributed by atoms with Gasteiger partial charge in [-0.3, -0.25) is 9.88 Å². The second kappa shape index (κ2) is 8.87. The van der Waals surface area contributed by atoms with Gasteiger partial charge in [-0.2, -0.15) is 0 Å². The first-order valence-corrected chi connectivity index (χ1v) is 9.78. The maximum Gasteiger partial charge on any atom is 0.321 e. The molecule has 0 unspecified atom stereocenters. The monoisotopic (exact) mass is 356 g/mol. The first-order chi connectivity index (χ1) is 12.2. The Bertz CT molecular complexity index is 678. The quantitative estimate of drug-likeness (QED) is 0.851. The van der Waals surface area contributed by atoms with Gasteiger partial charge in [0.25, 0.3) is 0 Å². The van der Waals surface area contributed by atoms with Crippen molar-refractivity contribution in [3.05, 3.63) is 54.4 Å². The van der Waals surface area contributed by atoms with Crippen molar-refractivity contribution in [1.82, 2.24) is 14.8 Å². The molecule has 0 bridgehead atoms. The number of benzene rings is 1. The van der Waals surface area contributed by atoms with E-state index in [1.165, 1.54) is 10.5 Å². The largest absolute Gasteiger partial charge is 0.323 e. The zero-order valence-electron chi connectivity index (χ0n) is 14.5. The number of nitrogens with one attached hydrogen (secondary N) is 1. The summed E-state index contributed by atoms with van der Waals surface area (Å²) in [5.74, 6) is 0. The van der Waals surface area contributed by atoms with E-state index in [1.54, 1.807) is 18.0 Å². The Morgan fingerprint density at radius 1 is 1.16 bits per heavy atom. The molecular weight excluding hydrogens is 332 g/mol. The Morgan fingerprint density at radius 3 is 2.72 bits per heavy atom. The van der Waals surface area contributed by atoms with E-state index in [1.807, 2.05) is 47.7 Å². The van der Waals surface area contributed by atoms with Crippen LogP contribution in [0.2, 0.25) is 0 Å². The number of urea groups is 1. The number of hydrogen-bond acceptors (Lipinski definition) is 4. The van der Waals surface area contributed by atoms with Crippen LogP contribution in [-0.2, 0) is 6.54 Å². The molecule has 5 nitrogen and oxygen atoms in total. The fourth-order valence-electron chi connectivity index (χ4n) is 2.96. The fraction of sp³-hybridized carbons (Fsp3) is 0.368. The molecule has 2 heterocycles. The topological polar surface area (TPSA) is 48.5 Å². The zero-order chi connectivity index (χ0) is 17.5. The Balaban J connectivity index is 1.52. The van der Waals surface area contributed by atoms with Crippen molar-refractivity contribution in [2.45, 2.75) is 17.9 Å². The minimum absolute atomic E-state index is 0.0138. The van der Waals surface area contributed by atoms with Gasteiger partial charge >= 0.3 is 6.03 Å². The molecule has 1 fully saturated rings. The van der Waals surface area contributed by atoms with Crippen LogP contribution in [0, 0.1) is 0 Å². The first-order valence-electron chi connectivity index (χ1n) is 8.56. The van der Waals surface area contributed by atoms with Gasteiger partial charge in [0.15, 0.2) is 0 Å². The van der Waals surface area contributed by atoms with Crippen molar-refractivity contribution in [2.75, 3.05) is 37.8 Å². The van der Waals surface area contributed by atoms with Crippen LogP contribution >= 0.6 is 11.8 Å². The van der Waals surface area contributed by atoms with Crippen molar-refractivity contribution in [2.24, 2.45) is 0 Å². The molecule has 1 aromatic heterocycles. The SMILES string of the molecule is CSc1ccc(NC(=O)N2CCCN(Cc3cccnc3)CC2)cc1. The standard InChI is InChI=1S/C19H24N4OS/c1-25-18-7-5-17(6-8-18)21-19(24)23-11-3-10-22(12-13-23)15-16-4-2-9-20-14-16/h2,4-9,14H,3,10-13,15H2,1H3,(H,21,24). The van der Waals surface area contributed by atoms with Gasteiger partial charge in [-0.05, 0) is 48.6 Å². The predicted molar refractivity (Wildman–Crippen MR) is 103 cm³/mol. The van der Waals surface area contributed by atoms with Crippen LogP contribution in [-0.4, -0.2) is 53.2 Å². The number of thioether (sulfide) groups is 1. The number of amides is 2. The Kier molecular flexibility index (Phi) is 6.30. The molecule has 0 aliphatic carbocycles. The zero-order valence-corrected chi connectivity index (χ0v) is 15.3. The van der Waals surface area contributed by atoms with Gasteiger partial charge in [0.05, 0.1) is 0 Å². The molecule has 6 heteroatoms. The summed E-state index contributed by atoms with van der Waals surface area (Å²) in [6, 6.07) is 12.0. The van der Waals surface area contributed by atoms with E-state index in [0.717, 1.165) is 44.8 Å². The molecule has 1 saturated heterocycles. The van der Waals surface area contributed by atoms with E-state index < -0.39 is 0 Å². The van der Waals surface area contributed by atoms with Crippen LogP contribution in [0.1, 0.15) is 12.0 Å². The van der Waals surface area contributed by atoms with Gasteiger partial charge in [-0.25, -0.2) is 4.79 Å². The van der Waals surface area contributed by atoms with Gasteiger partial charge in [-0.1, -0.05) is 6.07 Å². The van der Waals surface area contributed by atoms with Gasteiger partial charge in [-0.15, -0.1) is 11.8 Å². The van der Waals surface area contributed by atoms with Crippen molar-refractivity contribution in [3.8, 4) is 0 Å². The molecule has 0 spiro atoms. The highest BCUT2D eigenvalue weighted by molar-refractivity contribution is 7.98. The maximum absolute atomic E-state index is 12.5. The van der Waals surface area contributed by atoms with Crippen molar-refractivity contribution in [3.63, 3.8) is 0 Å². The number of carbonyl (C=O) groups excluding carboxylic acids is 1. The minimum Gasteiger partial charge on any atom is -0.323 e.